The third-order valence-electron chi connectivity index (χ3n) is 3.28. The van der Waals surface area contributed by atoms with Crippen LogP contribution in [0.25, 0.3) is 0 Å². The molecule has 130 valence electrons. The van der Waals surface area contributed by atoms with Crippen LogP contribution in [0.15, 0.2) is 36.5 Å². The highest BCUT2D eigenvalue weighted by Crippen LogP contribution is 2.23. The van der Waals surface area contributed by atoms with Crippen molar-refractivity contribution in [2.24, 2.45) is 0 Å². The Labute approximate surface area is 147 Å². The summed E-state index contributed by atoms with van der Waals surface area (Å²) in [6.07, 6.45) is 0.175. The van der Waals surface area contributed by atoms with Gasteiger partial charge < -0.3 is 10.1 Å². The summed E-state index contributed by atoms with van der Waals surface area (Å²) in [7, 11) is 0. The lowest BCUT2D eigenvalue weighted by Crippen LogP contribution is -2.30. The summed E-state index contributed by atoms with van der Waals surface area (Å²) in [6.45, 7) is 2.90. The zero-order valence-corrected chi connectivity index (χ0v) is 14.1. The molecule has 0 spiro atoms. The van der Waals surface area contributed by atoms with Gasteiger partial charge in [-0.3, -0.25) is 14.9 Å². The largest absolute Gasteiger partial charge is 0.449 e. The number of pyridine rings is 1. The summed E-state index contributed by atoms with van der Waals surface area (Å²) in [6, 6.07) is 7.24. The number of benzene rings is 1. The molecule has 0 saturated carbocycles. The van der Waals surface area contributed by atoms with Gasteiger partial charge in [-0.1, -0.05) is 23.7 Å². The highest BCUT2D eigenvalue weighted by molar-refractivity contribution is 6.30. The van der Waals surface area contributed by atoms with Crippen molar-refractivity contribution in [3.8, 4) is 0 Å². The maximum Gasteiger partial charge on any atom is 0.346 e. The third kappa shape index (κ3) is 4.51. The highest BCUT2D eigenvalue weighted by atomic mass is 35.5. The van der Waals surface area contributed by atoms with Crippen LogP contribution in [0.4, 0.5) is 11.5 Å². The van der Waals surface area contributed by atoms with Crippen molar-refractivity contribution in [1.29, 1.82) is 0 Å². The van der Waals surface area contributed by atoms with Gasteiger partial charge in [-0.25, -0.2) is 9.78 Å². The molecule has 9 heteroatoms. The fraction of sp³-hybridized carbons (Fsp3) is 0.188. The van der Waals surface area contributed by atoms with Gasteiger partial charge in [0.2, 0.25) is 0 Å². The first-order valence-electron chi connectivity index (χ1n) is 7.17. The average Bonchev–Trinajstić information content (AvgIpc) is 2.56. The second-order valence-electron chi connectivity index (χ2n) is 5.12. The molecule has 1 atom stereocenters. The Bertz CT molecular complexity index is 823. The Morgan fingerprint density at radius 3 is 2.64 bits per heavy atom. The van der Waals surface area contributed by atoms with E-state index >= 15 is 0 Å². The normalized spacial score (nSPS) is 11.5. The Hall–Kier alpha value is -3.00. The predicted octanol–water partition coefficient (Wildman–Crippen LogP) is 3.14. The van der Waals surface area contributed by atoms with E-state index in [9.17, 15) is 19.7 Å². The zero-order valence-electron chi connectivity index (χ0n) is 13.4. The predicted molar refractivity (Wildman–Crippen MR) is 90.6 cm³/mol. The van der Waals surface area contributed by atoms with Crippen LogP contribution in [0.2, 0.25) is 5.02 Å². The highest BCUT2D eigenvalue weighted by Gasteiger charge is 2.27. The van der Waals surface area contributed by atoms with Crippen LogP contribution in [-0.4, -0.2) is 27.9 Å². The first-order valence-corrected chi connectivity index (χ1v) is 7.54. The van der Waals surface area contributed by atoms with Crippen molar-refractivity contribution < 1.29 is 19.2 Å². The van der Waals surface area contributed by atoms with E-state index in [0.717, 1.165) is 0 Å². The van der Waals surface area contributed by atoms with Gasteiger partial charge in [0.15, 0.2) is 6.10 Å². The Morgan fingerprint density at radius 2 is 2.04 bits per heavy atom. The second-order valence-corrected chi connectivity index (χ2v) is 5.56. The van der Waals surface area contributed by atoms with Gasteiger partial charge in [-0.2, -0.15) is 0 Å². The van der Waals surface area contributed by atoms with Gasteiger partial charge in [-0.15, -0.1) is 0 Å². The van der Waals surface area contributed by atoms with Crippen LogP contribution in [0.3, 0.4) is 0 Å². The Kier molecular flexibility index (Phi) is 5.66. The van der Waals surface area contributed by atoms with Crippen molar-refractivity contribution in [3.63, 3.8) is 0 Å². The molecule has 2 rings (SSSR count). The number of hydrogen-bond donors (Lipinski definition) is 1. The minimum atomic E-state index is -1.18. The second kappa shape index (κ2) is 7.71. The molecule has 0 aliphatic rings. The van der Waals surface area contributed by atoms with E-state index in [4.69, 9.17) is 16.3 Å². The van der Waals surface area contributed by atoms with Gasteiger partial charge in [0.1, 0.15) is 11.4 Å². The van der Waals surface area contributed by atoms with E-state index in [2.05, 4.69) is 10.3 Å². The average molecular weight is 364 g/mol. The standard InChI is InChI=1S/C16H14ClN3O5/c1-9-4-3-5-12(20(23)24)14(9)16(22)25-10(2)15(21)19-13-7-6-11(17)8-18-13/h3-8,10H,1-2H3,(H,18,19,21)/t10-/m0/s1. The monoisotopic (exact) mass is 363 g/mol. The number of aryl methyl sites for hydroxylation is 1. The van der Waals surface area contributed by atoms with Crippen molar-refractivity contribution in [1.82, 2.24) is 4.98 Å². The molecule has 0 unspecified atom stereocenters. The number of nitro benzene ring substituents is 1. The maximum absolute atomic E-state index is 12.3. The summed E-state index contributed by atoms with van der Waals surface area (Å²) in [5, 5.41) is 13.9. The smallest absolute Gasteiger partial charge is 0.346 e. The van der Waals surface area contributed by atoms with Gasteiger partial charge in [0.05, 0.1) is 9.95 Å². The molecule has 25 heavy (non-hydrogen) atoms. The van der Waals surface area contributed by atoms with E-state index < -0.39 is 22.9 Å². The van der Waals surface area contributed by atoms with Crippen molar-refractivity contribution in [2.45, 2.75) is 20.0 Å². The van der Waals surface area contributed by atoms with Crippen LogP contribution in [0.5, 0.6) is 0 Å². The van der Waals surface area contributed by atoms with Gasteiger partial charge in [-0.05, 0) is 31.5 Å². The number of carbonyl (C=O) groups excluding carboxylic acids is 2. The zero-order chi connectivity index (χ0) is 18.6. The number of esters is 1. The number of carbonyl (C=O) groups is 2. The number of nitrogens with zero attached hydrogens (tertiary/aromatic N) is 2. The number of rotatable bonds is 5. The fourth-order valence-electron chi connectivity index (χ4n) is 2.02. The Morgan fingerprint density at radius 1 is 1.32 bits per heavy atom. The first kappa shape index (κ1) is 18.3. The van der Waals surface area contributed by atoms with Crippen LogP contribution < -0.4 is 5.32 Å². The molecular formula is C16H14ClN3O5. The SMILES string of the molecule is Cc1cccc([N+](=O)[O-])c1C(=O)O[C@@H](C)C(=O)Nc1ccc(Cl)cn1. The topological polar surface area (TPSA) is 111 Å². The summed E-state index contributed by atoms with van der Waals surface area (Å²) in [5.41, 5.74) is -0.181. The maximum atomic E-state index is 12.3. The van der Waals surface area contributed by atoms with E-state index in [1.165, 1.54) is 37.4 Å². The van der Waals surface area contributed by atoms with Crippen molar-refractivity contribution in [2.75, 3.05) is 5.32 Å². The minimum Gasteiger partial charge on any atom is -0.449 e. The van der Waals surface area contributed by atoms with E-state index in [-0.39, 0.29) is 17.1 Å². The minimum absolute atomic E-state index is 0.184. The summed E-state index contributed by atoms with van der Waals surface area (Å²) in [5.74, 6) is -1.34. The molecule has 0 bridgehead atoms. The third-order valence-corrected chi connectivity index (χ3v) is 3.51. The van der Waals surface area contributed by atoms with Crippen molar-refractivity contribution in [3.05, 3.63) is 62.8 Å². The number of hydrogen-bond acceptors (Lipinski definition) is 6. The van der Waals surface area contributed by atoms with E-state index in [1.54, 1.807) is 13.0 Å². The van der Waals surface area contributed by atoms with E-state index in [1.807, 2.05) is 0 Å². The number of halogens is 1. The molecule has 8 nitrogen and oxygen atoms in total. The molecule has 1 amide bonds. The number of ether oxygens (including phenoxy) is 1. The lowest BCUT2D eigenvalue weighted by molar-refractivity contribution is -0.385. The van der Waals surface area contributed by atoms with Crippen LogP contribution in [-0.2, 0) is 9.53 Å². The van der Waals surface area contributed by atoms with Gasteiger partial charge in [0, 0.05) is 12.3 Å². The molecule has 0 radical (unpaired) electrons. The Balaban J connectivity index is 2.11. The number of amides is 1. The fourth-order valence-corrected chi connectivity index (χ4v) is 2.13. The molecule has 2 aromatic rings. The molecular weight excluding hydrogens is 350 g/mol. The molecule has 0 aliphatic heterocycles. The summed E-state index contributed by atoms with van der Waals surface area (Å²) < 4.78 is 5.06. The number of nitrogens with one attached hydrogen (secondary N) is 1. The van der Waals surface area contributed by atoms with Crippen LogP contribution in [0, 0.1) is 17.0 Å². The molecule has 0 aliphatic carbocycles. The van der Waals surface area contributed by atoms with Gasteiger partial charge in [0.25, 0.3) is 11.6 Å². The summed E-state index contributed by atoms with van der Waals surface area (Å²) >= 11 is 5.70. The van der Waals surface area contributed by atoms with Crippen LogP contribution in [0.1, 0.15) is 22.8 Å². The van der Waals surface area contributed by atoms with Crippen molar-refractivity contribution >= 4 is 35.0 Å². The number of anilines is 1. The lowest BCUT2D eigenvalue weighted by Gasteiger charge is -2.14. The first-order chi connectivity index (χ1) is 11.8. The molecule has 1 aromatic carbocycles. The molecule has 1 aromatic heterocycles. The quantitative estimate of drug-likeness (QED) is 0.496. The van der Waals surface area contributed by atoms with Crippen LogP contribution >= 0.6 is 11.6 Å². The van der Waals surface area contributed by atoms with Gasteiger partial charge >= 0.3 is 5.97 Å². The number of aromatic nitrogens is 1. The lowest BCUT2D eigenvalue weighted by atomic mass is 10.1. The van der Waals surface area contributed by atoms with E-state index in [0.29, 0.717) is 10.6 Å². The molecule has 0 fully saturated rings. The molecule has 0 saturated heterocycles. The molecule has 1 heterocycles. The molecule has 1 N–H and O–H groups in total. The summed E-state index contributed by atoms with van der Waals surface area (Å²) in [4.78, 5) is 38.6. The number of nitro groups is 1.